The van der Waals surface area contributed by atoms with E-state index in [0.717, 1.165) is 18.2 Å². The van der Waals surface area contributed by atoms with Crippen LogP contribution in [0.5, 0.6) is 0 Å². The Kier molecular flexibility index (Phi) is 17.1. The lowest BCUT2D eigenvalue weighted by Gasteiger charge is -2.21. The molecule has 7 N–H and O–H groups in total. The van der Waals surface area contributed by atoms with Crippen LogP contribution in [0.3, 0.4) is 0 Å². The molecular formula is C44H50N10O10S2. The van der Waals surface area contributed by atoms with Gasteiger partial charge in [0.15, 0.2) is 0 Å². The summed E-state index contributed by atoms with van der Waals surface area (Å²) < 4.78 is 66.2. The van der Waals surface area contributed by atoms with E-state index in [0.29, 0.717) is 35.7 Å². The van der Waals surface area contributed by atoms with Crippen molar-refractivity contribution >= 4 is 67.6 Å². The molecule has 0 saturated heterocycles. The minimum Gasteiger partial charge on any atom is -0.395 e. The molecule has 20 nitrogen and oxygen atoms in total. The van der Waals surface area contributed by atoms with Crippen molar-refractivity contribution in [3.8, 4) is 0 Å². The summed E-state index contributed by atoms with van der Waals surface area (Å²) >= 11 is 0. The van der Waals surface area contributed by atoms with Crippen molar-refractivity contribution in [1.29, 1.82) is 0 Å². The minimum atomic E-state index is -4.58. The number of aliphatic hydroxyl groups is 4. The lowest BCUT2D eigenvalue weighted by molar-refractivity contribution is 0.279. The third-order valence-electron chi connectivity index (χ3n) is 9.73. The van der Waals surface area contributed by atoms with Gasteiger partial charge in [-0.05, 0) is 52.1 Å². The number of nitrogens with zero attached hydrogens (tertiary/aromatic N) is 8. The summed E-state index contributed by atoms with van der Waals surface area (Å²) in [7, 11) is -7.92. The molecular weight excluding hydrogens is 893 g/mol. The molecule has 6 aromatic rings. The van der Waals surface area contributed by atoms with E-state index in [1.807, 2.05) is 60.7 Å². The highest BCUT2D eigenvalue weighted by molar-refractivity contribution is 7.86. The van der Waals surface area contributed by atoms with Crippen molar-refractivity contribution in [3.05, 3.63) is 137 Å². The number of rotatable bonds is 24. The fourth-order valence-corrected chi connectivity index (χ4v) is 8.21. The first-order chi connectivity index (χ1) is 31.8. The van der Waals surface area contributed by atoms with Gasteiger partial charge in [-0.2, -0.15) is 46.7 Å². The van der Waals surface area contributed by atoms with Crippen LogP contribution in [0.15, 0.2) is 102 Å². The predicted molar refractivity (Wildman–Crippen MR) is 249 cm³/mol. The van der Waals surface area contributed by atoms with Crippen LogP contribution >= 0.6 is 0 Å². The maximum atomic E-state index is 13.4. The van der Waals surface area contributed by atoms with Gasteiger partial charge >= 0.3 is 0 Å². The number of hydrogen-bond donors (Lipinski definition) is 7. The molecule has 4 aromatic carbocycles. The second-order valence-electron chi connectivity index (χ2n) is 14.5. The van der Waals surface area contributed by atoms with E-state index in [1.54, 1.807) is 28.0 Å². The fourth-order valence-electron chi connectivity index (χ4n) is 6.69. The topological polar surface area (TPSA) is 287 Å². The Hall–Kier alpha value is -6.50. The molecule has 0 atom stereocenters. The summed E-state index contributed by atoms with van der Waals surface area (Å²) in [5.74, 6) is 0.471. The molecule has 348 valence electrons. The summed E-state index contributed by atoms with van der Waals surface area (Å²) in [6, 6.07) is 28.0. The Labute approximate surface area is 382 Å². The van der Waals surface area contributed by atoms with Gasteiger partial charge in [-0.3, -0.25) is 8.74 Å². The third-order valence-corrected chi connectivity index (χ3v) is 11.7. The summed E-state index contributed by atoms with van der Waals surface area (Å²) in [5, 5.41) is 44.9. The molecule has 0 aliphatic heterocycles. The van der Waals surface area contributed by atoms with Gasteiger partial charge in [-0.1, -0.05) is 84.9 Å². The van der Waals surface area contributed by atoms with E-state index in [1.165, 1.54) is 30.4 Å². The van der Waals surface area contributed by atoms with Crippen LogP contribution in [-0.4, -0.2) is 131 Å². The maximum Gasteiger partial charge on any atom is 0.297 e. The highest BCUT2D eigenvalue weighted by Crippen LogP contribution is 2.29. The summed E-state index contributed by atoms with van der Waals surface area (Å²) in [4.78, 5) is 30.3. The maximum absolute atomic E-state index is 13.4. The Morgan fingerprint density at radius 1 is 0.576 bits per heavy atom. The lowest BCUT2D eigenvalue weighted by atomic mass is 10.1. The predicted octanol–water partition coefficient (Wildman–Crippen LogP) is 3.20. The van der Waals surface area contributed by atoms with Crippen molar-refractivity contribution in [2.75, 3.05) is 80.1 Å². The normalized spacial score (nSPS) is 11.8. The van der Waals surface area contributed by atoms with Gasteiger partial charge in [0.1, 0.15) is 22.3 Å². The van der Waals surface area contributed by atoms with Crippen LogP contribution in [0, 0.1) is 0 Å². The standard InChI is InChI=1S/C44H50N10O10S2/c1-64-66(62,63)38-29-37(46-42-48-40(27-32-10-6-3-7-11-32)50-44(52-42)54(20-24-57)21-25-58)17-15-34(38)13-12-33-14-16-36(28-35(33)30-65(59,60)61)45-41-47-39(26-31-8-4-2-5-9-31)49-43(51-41)53(18-22-55)19-23-56/h2-17,28-29,55-58H,18-27,30H2,1H3,(H,59,60,61)(H,45,47,49,51)(H,46,48,50,52)/b13-12+. The van der Waals surface area contributed by atoms with Crippen molar-refractivity contribution in [2.24, 2.45) is 0 Å². The number of hydrogen-bond acceptors (Lipinski definition) is 19. The Morgan fingerprint density at radius 2 is 1.02 bits per heavy atom. The van der Waals surface area contributed by atoms with Crippen molar-refractivity contribution in [1.82, 2.24) is 29.9 Å². The summed E-state index contributed by atoms with van der Waals surface area (Å²) in [6.45, 7) is -0.399. The van der Waals surface area contributed by atoms with Crippen molar-refractivity contribution in [3.63, 3.8) is 0 Å². The Balaban J connectivity index is 1.33. The average molecular weight is 943 g/mol. The Bertz CT molecular complexity index is 2800. The lowest BCUT2D eigenvalue weighted by Crippen LogP contribution is -2.32. The third kappa shape index (κ3) is 14.0. The zero-order chi connectivity index (χ0) is 47.1. The number of anilines is 6. The highest BCUT2D eigenvalue weighted by Gasteiger charge is 2.21. The molecule has 0 aliphatic rings. The fraction of sp³-hybridized carbons (Fsp3) is 0.273. The molecule has 0 unspecified atom stereocenters. The molecule has 0 fully saturated rings. The van der Waals surface area contributed by atoms with Crippen LogP contribution in [0.4, 0.5) is 35.2 Å². The van der Waals surface area contributed by atoms with Gasteiger partial charge in [0.2, 0.25) is 23.8 Å². The van der Waals surface area contributed by atoms with Crippen LogP contribution in [0.1, 0.15) is 39.5 Å². The average Bonchev–Trinajstić information content (AvgIpc) is 3.29. The van der Waals surface area contributed by atoms with Gasteiger partial charge in [0.05, 0.1) is 33.5 Å². The molecule has 6 rings (SSSR count). The quantitative estimate of drug-likeness (QED) is 0.0261. The number of benzene rings is 4. The van der Waals surface area contributed by atoms with E-state index in [4.69, 9.17) is 4.18 Å². The first-order valence-electron chi connectivity index (χ1n) is 20.6. The van der Waals surface area contributed by atoms with Crippen LogP contribution in [0.25, 0.3) is 12.2 Å². The zero-order valence-electron chi connectivity index (χ0n) is 35.8. The molecule has 0 bridgehead atoms. The van der Waals surface area contributed by atoms with E-state index in [2.05, 4.69) is 40.5 Å². The monoisotopic (exact) mass is 942 g/mol. The first-order valence-corrected chi connectivity index (χ1v) is 23.6. The van der Waals surface area contributed by atoms with E-state index >= 15 is 0 Å². The SMILES string of the molecule is COS(=O)(=O)c1cc(Nc2nc(Cc3ccccc3)nc(N(CCO)CCO)n2)ccc1/C=C/c1ccc(Nc2nc(Cc3ccccc3)nc(N(CCO)CCO)n2)cc1CS(=O)(=O)O. The van der Waals surface area contributed by atoms with Crippen LogP contribution in [0.2, 0.25) is 0 Å². The minimum absolute atomic E-state index is 0.0628. The molecule has 2 aromatic heterocycles. The van der Waals surface area contributed by atoms with Gasteiger partial charge in [-0.25, -0.2) is 0 Å². The molecule has 66 heavy (non-hydrogen) atoms. The van der Waals surface area contributed by atoms with Gasteiger partial charge < -0.3 is 40.9 Å². The van der Waals surface area contributed by atoms with E-state index < -0.39 is 26.0 Å². The number of aromatic nitrogens is 6. The van der Waals surface area contributed by atoms with E-state index in [9.17, 15) is 41.8 Å². The summed E-state index contributed by atoms with van der Waals surface area (Å²) in [5.41, 5.74) is 3.06. The second kappa shape index (κ2) is 23.1. The van der Waals surface area contributed by atoms with Gasteiger partial charge in [0, 0.05) is 50.4 Å². The molecule has 0 spiro atoms. The largest absolute Gasteiger partial charge is 0.395 e. The highest BCUT2D eigenvalue weighted by atomic mass is 32.2. The van der Waals surface area contributed by atoms with Crippen molar-refractivity contribution < 1.29 is 46.0 Å². The zero-order valence-corrected chi connectivity index (χ0v) is 37.5. The molecule has 0 aliphatic carbocycles. The van der Waals surface area contributed by atoms with Crippen molar-refractivity contribution in [2.45, 2.75) is 23.5 Å². The molecule has 0 amide bonds. The molecule has 0 radical (unpaired) electrons. The second-order valence-corrected chi connectivity index (χ2v) is 17.7. The van der Waals surface area contributed by atoms with Crippen LogP contribution < -0.4 is 20.4 Å². The molecule has 0 saturated carbocycles. The number of nitrogens with one attached hydrogen (secondary N) is 2. The van der Waals surface area contributed by atoms with Gasteiger partial charge in [0.25, 0.3) is 20.2 Å². The summed E-state index contributed by atoms with van der Waals surface area (Å²) in [6.07, 6.45) is 3.60. The molecule has 2 heterocycles. The van der Waals surface area contributed by atoms with Gasteiger partial charge in [-0.15, -0.1) is 0 Å². The van der Waals surface area contributed by atoms with Crippen LogP contribution in [-0.2, 0) is 43.0 Å². The Morgan fingerprint density at radius 3 is 1.45 bits per heavy atom. The smallest absolute Gasteiger partial charge is 0.297 e. The van der Waals surface area contributed by atoms with E-state index in [-0.39, 0.29) is 98.1 Å². The first kappa shape index (κ1) is 48.9. The number of aliphatic hydroxyl groups excluding tert-OH is 4. The molecule has 22 heteroatoms.